The fourth-order valence-electron chi connectivity index (χ4n) is 1.52. The summed E-state index contributed by atoms with van der Waals surface area (Å²) in [5.41, 5.74) is 10.5. The lowest BCUT2D eigenvalue weighted by atomic mass is 10.0. The summed E-state index contributed by atoms with van der Waals surface area (Å²) in [4.78, 5) is 2.76. The van der Waals surface area contributed by atoms with Crippen molar-refractivity contribution in [3.05, 3.63) is 45.8 Å². The first-order valence-corrected chi connectivity index (χ1v) is 4.15. The number of nitrogens with zero attached hydrogens (tertiary/aromatic N) is 3. The van der Waals surface area contributed by atoms with E-state index in [4.69, 9.17) is 10.3 Å². The summed E-state index contributed by atoms with van der Waals surface area (Å²) < 4.78 is 5.32. The molecule has 0 saturated carbocycles. The van der Waals surface area contributed by atoms with Gasteiger partial charge in [-0.05, 0) is 23.1 Å². The summed E-state index contributed by atoms with van der Waals surface area (Å²) >= 11 is 0. The summed E-state index contributed by atoms with van der Waals surface area (Å²) in [6.45, 7) is 0.626. The molecule has 0 bridgehead atoms. The second-order valence-corrected chi connectivity index (χ2v) is 2.88. The molecule has 1 aromatic carbocycles. The minimum absolute atomic E-state index is 0.435. The Bertz CT molecular complexity index is 358. The van der Waals surface area contributed by atoms with Gasteiger partial charge >= 0.3 is 0 Å². The molecule has 66 valence electrons. The van der Waals surface area contributed by atoms with E-state index in [1.165, 1.54) is 5.56 Å². The molecule has 0 spiro atoms. The maximum absolute atomic E-state index is 8.32. The maximum Gasteiger partial charge on any atom is 0.161 e. The van der Waals surface area contributed by atoms with Gasteiger partial charge in [-0.3, -0.25) is 0 Å². The Morgan fingerprint density at radius 2 is 2.31 bits per heavy atom. The zero-order valence-corrected chi connectivity index (χ0v) is 7.05. The Labute approximate surface area is 75.8 Å². The molecule has 0 amide bonds. The van der Waals surface area contributed by atoms with E-state index in [1.807, 2.05) is 24.3 Å². The van der Waals surface area contributed by atoms with E-state index in [0.717, 1.165) is 12.0 Å². The second-order valence-electron chi connectivity index (χ2n) is 2.88. The monoisotopic (exact) mass is 175 g/mol. The van der Waals surface area contributed by atoms with Crippen LogP contribution in [0.5, 0.6) is 0 Å². The molecule has 0 aliphatic carbocycles. The smallest absolute Gasteiger partial charge is 0.161 e. The Hall–Kier alpha value is -1.51. The summed E-state index contributed by atoms with van der Waals surface area (Å²) in [7, 11) is 0. The van der Waals surface area contributed by atoms with Crippen molar-refractivity contribution in [3.8, 4) is 0 Å². The SMILES string of the molecule is [N-]=[N+]=NC1OCCc2ccccc21. The van der Waals surface area contributed by atoms with Gasteiger partial charge in [-0.2, -0.15) is 0 Å². The van der Waals surface area contributed by atoms with Crippen LogP contribution < -0.4 is 0 Å². The largest absolute Gasteiger partial charge is 0.367 e. The highest BCUT2D eigenvalue weighted by molar-refractivity contribution is 5.30. The zero-order chi connectivity index (χ0) is 9.10. The zero-order valence-electron chi connectivity index (χ0n) is 7.05. The molecule has 1 heterocycles. The van der Waals surface area contributed by atoms with E-state index in [2.05, 4.69) is 10.0 Å². The highest BCUT2D eigenvalue weighted by atomic mass is 16.5. The van der Waals surface area contributed by atoms with Crippen LogP contribution in [0, 0.1) is 0 Å². The molecular formula is C9H9N3O. The van der Waals surface area contributed by atoms with Crippen LogP contribution in [0.15, 0.2) is 29.4 Å². The van der Waals surface area contributed by atoms with Gasteiger partial charge in [-0.1, -0.05) is 29.4 Å². The Morgan fingerprint density at radius 3 is 3.15 bits per heavy atom. The number of hydrogen-bond donors (Lipinski definition) is 0. The van der Waals surface area contributed by atoms with Gasteiger partial charge < -0.3 is 4.74 Å². The van der Waals surface area contributed by atoms with E-state index >= 15 is 0 Å². The lowest BCUT2D eigenvalue weighted by Gasteiger charge is -2.21. The Balaban J connectivity index is 2.42. The third-order valence-electron chi connectivity index (χ3n) is 2.12. The molecule has 0 fully saturated rings. The second kappa shape index (κ2) is 3.47. The summed E-state index contributed by atoms with van der Waals surface area (Å²) in [5.74, 6) is 0. The van der Waals surface area contributed by atoms with Crippen LogP contribution in [0.25, 0.3) is 10.4 Å². The van der Waals surface area contributed by atoms with Gasteiger partial charge in [0.05, 0.1) is 6.61 Å². The van der Waals surface area contributed by atoms with E-state index in [0.29, 0.717) is 6.61 Å². The topological polar surface area (TPSA) is 58.0 Å². The fraction of sp³-hybridized carbons (Fsp3) is 0.333. The maximum atomic E-state index is 8.32. The first-order chi connectivity index (χ1) is 6.42. The molecule has 13 heavy (non-hydrogen) atoms. The predicted octanol–water partition coefficient (Wildman–Crippen LogP) is 2.57. The van der Waals surface area contributed by atoms with Gasteiger partial charge in [-0.15, -0.1) is 0 Å². The normalized spacial score (nSPS) is 20.2. The van der Waals surface area contributed by atoms with Gasteiger partial charge in [0.25, 0.3) is 0 Å². The molecule has 1 aliphatic rings. The first kappa shape index (κ1) is 8.10. The van der Waals surface area contributed by atoms with Crippen molar-refractivity contribution >= 4 is 0 Å². The van der Waals surface area contributed by atoms with Crippen molar-refractivity contribution in [3.63, 3.8) is 0 Å². The van der Waals surface area contributed by atoms with E-state index in [9.17, 15) is 0 Å². The van der Waals surface area contributed by atoms with E-state index in [1.54, 1.807) is 0 Å². The van der Waals surface area contributed by atoms with Crippen LogP contribution in [0.4, 0.5) is 0 Å². The van der Waals surface area contributed by atoms with Gasteiger partial charge in [0.1, 0.15) is 0 Å². The number of hydrogen-bond acceptors (Lipinski definition) is 2. The molecule has 0 N–H and O–H groups in total. The average molecular weight is 175 g/mol. The van der Waals surface area contributed by atoms with Crippen molar-refractivity contribution in [1.82, 2.24) is 0 Å². The van der Waals surface area contributed by atoms with Gasteiger partial charge in [0.2, 0.25) is 0 Å². The van der Waals surface area contributed by atoms with Gasteiger partial charge in [-0.25, -0.2) is 0 Å². The molecule has 1 unspecified atom stereocenters. The number of benzene rings is 1. The fourth-order valence-corrected chi connectivity index (χ4v) is 1.52. The molecule has 4 nitrogen and oxygen atoms in total. The highest BCUT2D eigenvalue weighted by Crippen LogP contribution is 2.27. The predicted molar refractivity (Wildman–Crippen MR) is 48.0 cm³/mol. The van der Waals surface area contributed by atoms with E-state index < -0.39 is 6.23 Å². The van der Waals surface area contributed by atoms with Crippen LogP contribution in [0.1, 0.15) is 17.4 Å². The lowest BCUT2D eigenvalue weighted by Crippen LogP contribution is -2.13. The summed E-state index contributed by atoms with van der Waals surface area (Å²) in [6, 6.07) is 7.89. The number of azide groups is 1. The van der Waals surface area contributed by atoms with E-state index in [-0.39, 0.29) is 0 Å². The molecule has 0 saturated heterocycles. The van der Waals surface area contributed by atoms with Gasteiger partial charge in [0.15, 0.2) is 6.23 Å². The van der Waals surface area contributed by atoms with Crippen molar-refractivity contribution in [1.29, 1.82) is 0 Å². The minimum atomic E-state index is -0.435. The number of rotatable bonds is 1. The molecular weight excluding hydrogens is 166 g/mol. The lowest BCUT2D eigenvalue weighted by molar-refractivity contribution is 0.0473. The van der Waals surface area contributed by atoms with Crippen LogP contribution in [0.2, 0.25) is 0 Å². The molecule has 1 atom stereocenters. The average Bonchev–Trinajstić information content (AvgIpc) is 2.19. The van der Waals surface area contributed by atoms with Crippen molar-refractivity contribution < 1.29 is 4.74 Å². The summed E-state index contributed by atoms with van der Waals surface area (Å²) in [5, 5.41) is 3.58. The van der Waals surface area contributed by atoms with Crippen LogP contribution in [0.3, 0.4) is 0 Å². The van der Waals surface area contributed by atoms with Gasteiger partial charge in [0, 0.05) is 4.91 Å². The molecule has 4 heteroatoms. The Morgan fingerprint density at radius 1 is 1.46 bits per heavy atom. The quantitative estimate of drug-likeness (QED) is 0.367. The summed E-state index contributed by atoms with van der Waals surface area (Å²) in [6.07, 6.45) is 0.461. The van der Waals surface area contributed by atoms with Crippen LogP contribution in [-0.2, 0) is 11.2 Å². The van der Waals surface area contributed by atoms with Crippen molar-refractivity contribution in [2.24, 2.45) is 5.11 Å². The highest BCUT2D eigenvalue weighted by Gasteiger charge is 2.18. The van der Waals surface area contributed by atoms with Crippen LogP contribution >= 0.6 is 0 Å². The number of fused-ring (bicyclic) bond motifs is 1. The Kier molecular flexibility index (Phi) is 2.17. The molecule has 1 aromatic rings. The van der Waals surface area contributed by atoms with Crippen molar-refractivity contribution in [2.75, 3.05) is 6.61 Å². The number of ether oxygens (including phenoxy) is 1. The first-order valence-electron chi connectivity index (χ1n) is 4.15. The molecule has 1 aliphatic heterocycles. The van der Waals surface area contributed by atoms with Crippen molar-refractivity contribution in [2.45, 2.75) is 12.6 Å². The minimum Gasteiger partial charge on any atom is -0.367 e. The third kappa shape index (κ3) is 1.49. The standard InChI is InChI=1S/C9H9N3O/c10-12-11-9-8-4-2-1-3-7(8)5-6-13-9/h1-4,9H,5-6H2. The van der Waals surface area contributed by atoms with Crippen LogP contribution in [-0.4, -0.2) is 6.61 Å². The molecule has 0 radical (unpaired) electrons. The molecule has 0 aromatic heterocycles. The molecule has 2 rings (SSSR count). The third-order valence-corrected chi connectivity index (χ3v) is 2.12.